The van der Waals surface area contributed by atoms with Gasteiger partial charge in [-0.05, 0) is 18.9 Å². The van der Waals surface area contributed by atoms with Crippen molar-refractivity contribution in [1.82, 2.24) is 10.6 Å². The van der Waals surface area contributed by atoms with E-state index in [0.29, 0.717) is 19.1 Å². The highest BCUT2D eigenvalue weighted by Gasteiger charge is 2.26. The molecule has 1 rings (SSSR count). The molecule has 0 aliphatic heterocycles. The van der Waals surface area contributed by atoms with Crippen molar-refractivity contribution in [1.29, 1.82) is 0 Å². The van der Waals surface area contributed by atoms with E-state index in [0.717, 1.165) is 12.0 Å². The standard InChI is InChI=1S/C16H24F3N3O/c1-13(14-7-4-3-5-8-14)23-12-6-10-21-15(20-2)22-11-9-16(17,18)19/h3-5,7-8,13H,6,9-12H2,1-2H3,(H2,20,21,22). The zero-order chi connectivity index (χ0) is 17.1. The Kier molecular flexibility index (Phi) is 8.47. The molecule has 0 heterocycles. The minimum atomic E-state index is -4.16. The third-order valence-electron chi connectivity index (χ3n) is 3.17. The third-order valence-corrected chi connectivity index (χ3v) is 3.17. The van der Waals surface area contributed by atoms with Crippen LogP contribution in [-0.4, -0.2) is 38.9 Å². The van der Waals surface area contributed by atoms with Gasteiger partial charge in [0, 0.05) is 26.7 Å². The number of nitrogens with one attached hydrogen (secondary N) is 2. The minimum absolute atomic E-state index is 0.0143. The van der Waals surface area contributed by atoms with Crippen LogP contribution in [0, 0.1) is 0 Å². The lowest BCUT2D eigenvalue weighted by Crippen LogP contribution is -2.39. The second-order valence-corrected chi connectivity index (χ2v) is 5.07. The number of hydrogen-bond acceptors (Lipinski definition) is 2. The van der Waals surface area contributed by atoms with E-state index in [-0.39, 0.29) is 12.6 Å². The normalized spacial score (nSPS) is 13.7. The molecule has 130 valence electrons. The molecule has 1 atom stereocenters. The van der Waals surface area contributed by atoms with Gasteiger partial charge in [-0.2, -0.15) is 13.2 Å². The highest BCUT2D eigenvalue weighted by molar-refractivity contribution is 5.79. The molecule has 23 heavy (non-hydrogen) atoms. The van der Waals surface area contributed by atoms with Gasteiger partial charge in [0.05, 0.1) is 12.5 Å². The molecule has 1 aromatic carbocycles. The van der Waals surface area contributed by atoms with Crippen LogP contribution in [0.2, 0.25) is 0 Å². The Hall–Kier alpha value is -1.76. The fraction of sp³-hybridized carbons (Fsp3) is 0.562. The molecule has 0 aromatic heterocycles. The molecule has 1 aromatic rings. The Balaban J connectivity index is 2.13. The average Bonchev–Trinajstić information content (AvgIpc) is 2.52. The summed E-state index contributed by atoms with van der Waals surface area (Å²) in [6.45, 7) is 2.93. The summed E-state index contributed by atoms with van der Waals surface area (Å²) in [4.78, 5) is 3.87. The number of nitrogens with zero attached hydrogens (tertiary/aromatic N) is 1. The topological polar surface area (TPSA) is 45.7 Å². The maximum atomic E-state index is 12.1. The lowest BCUT2D eigenvalue weighted by atomic mass is 10.1. The second-order valence-electron chi connectivity index (χ2n) is 5.07. The smallest absolute Gasteiger partial charge is 0.374 e. The fourth-order valence-corrected chi connectivity index (χ4v) is 1.90. The van der Waals surface area contributed by atoms with Gasteiger partial charge >= 0.3 is 6.18 Å². The van der Waals surface area contributed by atoms with E-state index in [1.807, 2.05) is 37.3 Å². The van der Waals surface area contributed by atoms with Crippen LogP contribution in [0.15, 0.2) is 35.3 Å². The molecular formula is C16H24F3N3O. The maximum absolute atomic E-state index is 12.1. The van der Waals surface area contributed by atoms with Gasteiger partial charge < -0.3 is 15.4 Å². The summed E-state index contributed by atoms with van der Waals surface area (Å²) in [5.41, 5.74) is 1.12. The number of alkyl halides is 3. The Morgan fingerprint density at radius 1 is 1.17 bits per heavy atom. The number of hydrogen-bond donors (Lipinski definition) is 2. The number of guanidine groups is 1. The first-order chi connectivity index (χ1) is 10.9. The summed E-state index contributed by atoms with van der Waals surface area (Å²) in [5, 5.41) is 5.59. The fourth-order valence-electron chi connectivity index (χ4n) is 1.90. The summed E-state index contributed by atoms with van der Waals surface area (Å²) < 4.78 is 41.9. The van der Waals surface area contributed by atoms with Gasteiger partial charge in [0.2, 0.25) is 0 Å². The van der Waals surface area contributed by atoms with Crippen LogP contribution in [0.5, 0.6) is 0 Å². The Morgan fingerprint density at radius 2 is 1.83 bits per heavy atom. The van der Waals surface area contributed by atoms with E-state index < -0.39 is 12.6 Å². The van der Waals surface area contributed by atoms with Gasteiger partial charge in [-0.1, -0.05) is 30.3 Å². The highest BCUT2D eigenvalue weighted by Crippen LogP contribution is 2.18. The maximum Gasteiger partial charge on any atom is 0.390 e. The first kappa shape index (κ1) is 19.3. The molecule has 0 spiro atoms. The monoisotopic (exact) mass is 331 g/mol. The Bertz CT molecular complexity index is 463. The largest absolute Gasteiger partial charge is 0.390 e. The third kappa shape index (κ3) is 9.07. The average molecular weight is 331 g/mol. The van der Waals surface area contributed by atoms with Crippen LogP contribution in [0.25, 0.3) is 0 Å². The van der Waals surface area contributed by atoms with Crippen molar-refractivity contribution in [3.63, 3.8) is 0 Å². The van der Waals surface area contributed by atoms with Crippen LogP contribution in [-0.2, 0) is 4.74 Å². The highest BCUT2D eigenvalue weighted by atomic mass is 19.4. The molecule has 0 aliphatic rings. The van der Waals surface area contributed by atoms with E-state index in [2.05, 4.69) is 15.6 Å². The lowest BCUT2D eigenvalue weighted by Gasteiger charge is -2.15. The zero-order valence-corrected chi connectivity index (χ0v) is 13.5. The molecule has 0 radical (unpaired) electrons. The summed E-state index contributed by atoms with van der Waals surface area (Å²) >= 11 is 0. The second kappa shape index (κ2) is 10.1. The summed E-state index contributed by atoms with van der Waals surface area (Å²) in [6.07, 6.45) is -4.30. The summed E-state index contributed by atoms with van der Waals surface area (Å²) in [7, 11) is 1.52. The number of halogens is 3. The van der Waals surface area contributed by atoms with Gasteiger partial charge in [0.1, 0.15) is 0 Å². The van der Waals surface area contributed by atoms with Crippen molar-refractivity contribution in [3.05, 3.63) is 35.9 Å². The SMILES string of the molecule is CN=C(NCCCOC(C)c1ccccc1)NCCC(F)(F)F. The molecule has 2 N–H and O–H groups in total. The molecule has 4 nitrogen and oxygen atoms in total. The van der Waals surface area contributed by atoms with Gasteiger partial charge in [-0.15, -0.1) is 0 Å². The van der Waals surface area contributed by atoms with E-state index in [1.54, 1.807) is 0 Å². The number of aliphatic imine (C=N–C) groups is 1. The molecule has 0 fully saturated rings. The molecule has 1 unspecified atom stereocenters. The first-order valence-corrected chi connectivity index (χ1v) is 7.60. The van der Waals surface area contributed by atoms with Crippen molar-refractivity contribution in [2.45, 2.75) is 32.0 Å². The molecule has 0 bridgehead atoms. The number of benzene rings is 1. The zero-order valence-electron chi connectivity index (χ0n) is 13.5. The first-order valence-electron chi connectivity index (χ1n) is 7.60. The van der Waals surface area contributed by atoms with Crippen LogP contribution in [0.1, 0.15) is 31.4 Å². The minimum Gasteiger partial charge on any atom is -0.374 e. The van der Waals surface area contributed by atoms with Crippen LogP contribution < -0.4 is 10.6 Å². The number of ether oxygens (including phenoxy) is 1. The van der Waals surface area contributed by atoms with Crippen molar-refractivity contribution in [2.24, 2.45) is 4.99 Å². The van der Waals surface area contributed by atoms with Gasteiger partial charge in [-0.3, -0.25) is 4.99 Å². The van der Waals surface area contributed by atoms with Gasteiger partial charge in [0.25, 0.3) is 0 Å². The molecule has 7 heteroatoms. The van der Waals surface area contributed by atoms with E-state index in [4.69, 9.17) is 4.74 Å². The van der Waals surface area contributed by atoms with Crippen LogP contribution in [0.4, 0.5) is 13.2 Å². The van der Waals surface area contributed by atoms with Crippen LogP contribution in [0.3, 0.4) is 0 Å². The quantitative estimate of drug-likeness (QED) is 0.437. The van der Waals surface area contributed by atoms with Crippen molar-refractivity contribution in [3.8, 4) is 0 Å². The Labute approximate surface area is 135 Å². The van der Waals surface area contributed by atoms with Gasteiger partial charge in [-0.25, -0.2) is 0 Å². The van der Waals surface area contributed by atoms with Crippen LogP contribution >= 0.6 is 0 Å². The molecule has 0 aliphatic carbocycles. The summed E-state index contributed by atoms with van der Waals surface area (Å²) in [5.74, 6) is 0.366. The summed E-state index contributed by atoms with van der Waals surface area (Å²) in [6, 6.07) is 9.91. The lowest BCUT2D eigenvalue weighted by molar-refractivity contribution is -0.132. The molecule has 0 saturated carbocycles. The van der Waals surface area contributed by atoms with Crippen molar-refractivity contribution >= 4 is 5.96 Å². The molecular weight excluding hydrogens is 307 g/mol. The van der Waals surface area contributed by atoms with E-state index in [1.165, 1.54) is 7.05 Å². The molecule has 0 amide bonds. The van der Waals surface area contributed by atoms with Gasteiger partial charge in [0.15, 0.2) is 5.96 Å². The van der Waals surface area contributed by atoms with E-state index in [9.17, 15) is 13.2 Å². The van der Waals surface area contributed by atoms with E-state index >= 15 is 0 Å². The predicted molar refractivity (Wildman–Crippen MR) is 85.5 cm³/mol. The Morgan fingerprint density at radius 3 is 2.43 bits per heavy atom. The number of rotatable bonds is 8. The van der Waals surface area contributed by atoms with Crippen molar-refractivity contribution in [2.75, 3.05) is 26.7 Å². The molecule has 0 saturated heterocycles. The predicted octanol–water partition coefficient (Wildman–Crippen LogP) is 3.27. The van der Waals surface area contributed by atoms with Crippen molar-refractivity contribution < 1.29 is 17.9 Å².